The fourth-order valence-electron chi connectivity index (χ4n) is 4.57. The minimum atomic E-state index is -4.11. The first-order chi connectivity index (χ1) is 16.8. The van der Waals surface area contributed by atoms with Gasteiger partial charge < -0.3 is 10.1 Å². The number of ether oxygens (including phenoxy) is 1. The van der Waals surface area contributed by atoms with Crippen LogP contribution in [0.2, 0.25) is 0 Å². The summed E-state index contributed by atoms with van der Waals surface area (Å²) < 4.78 is 43.1. The molecule has 2 aliphatic rings. The predicted octanol–water partition coefficient (Wildman–Crippen LogP) is 7.60. The molecule has 0 saturated carbocycles. The Hall–Kier alpha value is -3.09. The van der Waals surface area contributed by atoms with Gasteiger partial charge in [0.2, 0.25) is 0 Å². The monoisotopic (exact) mass is 483 g/mol. The van der Waals surface area contributed by atoms with Gasteiger partial charge >= 0.3 is 6.18 Å². The Morgan fingerprint density at radius 1 is 1.17 bits per heavy atom. The van der Waals surface area contributed by atoms with E-state index in [0.717, 1.165) is 77.3 Å². The van der Waals surface area contributed by atoms with Gasteiger partial charge in [-0.1, -0.05) is 24.3 Å². The first-order valence-electron chi connectivity index (χ1n) is 12.2. The van der Waals surface area contributed by atoms with Crippen molar-refractivity contribution in [2.45, 2.75) is 64.1 Å². The zero-order chi connectivity index (χ0) is 24.8. The minimum absolute atomic E-state index is 0.0876. The number of nitrogens with zero attached hydrogens (tertiary/aromatic N) is 2. The van der Waals surface area contributed by atoms with E-state index >= 15 is 0 Å². The van der Waals surface area contributed by atoms with Crippen LogP contribution in [0, 0.1) is 6.92 Å². The Balaban J connectivity index is 1.61. The maximum atomic E-state index is 12.5. The molecule has 0 radical (unpaired) electrons. The number of hydrogen-bond donors (Lipinski definition) is 1. The number of aliphatic imine (C=N–C) groups is 1. The lowest BCUT2D eigenvalue weighted by molar-refractivity contribution is -0.135. The second kappa shape index (κ2) is 11.1. The van der Waals surface area contributed by atoms with Gasteiger partial charge in [0.15, 0.2) is 0 Å². The number of fused-ring (bicyclic) bond motifs is 1. The quantitative estimate of drug-likeness (QED) is 0.460. The smallest absolute Gasteiger partial charge is 0.389 e. The molecule has 2 aliphatic heterocycles. The van der Waals surface area contributed by atoms with Gasteiger partial charge in [0.1, 0.15) is 0 Å². The van der Waals surface area contributed by atoms with E-state index in [9.17, 15) is 13.2 Å². The van der Waals surface area contributed by atoms with E-state index < -0.39 is 12.6 Å². The summed E-state index contributed by atoms with van der Waals surface area (Å²) in [6.07, 6.45) is 5.15. The molecule has 0 aliphatic carbocycles. The summed E-state index contributed by atoms with van der Waals surface area (Å²) in [7, 11) is 1.71. The van der Waals surface area contributed by atoms with Crippen molar-refractivity contribution in [1.82, 2.24) is 4.98 Å². The first kappa shape index (κ1) is 25.0. The maximum absolute atomic E-state index is 12.5. The normalized spacial score (nSPS) is 19.9. The molecule has 0 saturated heterocycles. The minimum Gasteiger partial charge on any atom is -0.501 e. The molecular weight excluding hydrogens is 451 g/mol. The molecule has 0 spiro atoms. The molecule has 2 aromatic rings. The summed E-state index contributed by atoms with van der Waals surface area (Å²) in [5.41, 5.74) is 6.86. The molecule has 1 N–H and O–H groups in total. The molecule has 35 heavy (non-hydrogen) atoms. The molecule has 186 valence electrons. The summed E-state index contributed by atoms with van der Waals surface area (Å²) in [4.78, 5) is 9.52. The lowest BCUT2D eigenvalue weighted by Crippen LogP contribution is -2.10. The van der Waals surface area contributed by atoms with Gasteiger partial charge in [-0.05, 0) is 62.8 Å². The molecule has 0 bridgehead atoms. The van der Waals surface area contributed by atoms with Gasteiger partial charge in [-0.15, -0.1) is 0 Å². The molecule has 1 unspecified atom stereocenters. The predicted molar refractivity (Wildman–Crippen MR) is 137 cm³/mol. The van der Waals surface area contributed by atoms with E-state index in [1.54, 1.807) is 7.11 Å². The Bertz CT molecular complexity index is 1130. The zero-order valence-electron chi connectivity index (χ0n) is 20.3. The van der Waals surface area contributed by atoms with Crippen LogP contribution in [0.5, 0.6) is 0 Å². The average Bonchev–Trinajstić information content (AvgIpc) is 3.04. The number of halogens is 3. The second-order valence-electron chi connectivity index (χ2n) is 9.17. The molecule has 3 heterocycles. The summed E-state index contributed by atoms with van der Waals surface area (Å²) in [6, 6.07) is 10.2. The average molecular weight is 484 g/mol. The van der Waals surface area contributed by atoms with Gasteiger partial charge in [0.25, 0.3) is 0 Å². The van der Waals surface area contributed by atoms with Crippen LogP contribution in [-0.4, -0.2) is 37.1 Å². The summed E-state index contributed by atoms with van der Waals surface area (Å²) in [6.45, 7) is 2.83. The largest absolute Gasteiger partial charge is 0.501 e. The van der Waals surface area contributed by atoms with Crippen LogP contribution in [0.4, 0.5) is 18.9 Å². The van der Waals surface area contributed by atoms with E-state index in [1.807, 2.05) is 19.2 Å². The van der Waals surface area contributed by atoms with E-state index in [1.165, 1.54) is 0 Å². The third-order valence-electron chi connectivity index (χ3n) is 6.45. The van der Waals surface area contributed by atoms with E-state index in [-0.39, 0.29) is 12.5 Å². The first-order valence-corrected chi connectivity index (χ1v) is 12.2. The summed E-state index contributed by atoms with van der Waals surface area (Å²) in [5.74, 6) is 0.972. The molecule has 0 fully saturated rings. The number of alkyl halides is 3. The molecule has 7 heteroatoms. The number of nitrogens with one attached hydrogen (secondary N) is 1. The van der Waals surface area contributed by atoms with Crippen LogP contribution in [0.3, 0.4) is 0 Å². The lowest BCUT2D eigenvalue weighted by atomic mass is 9.96. The number of benzene rings is 1. The number of hydrogen-bond acceptors (Lipinski definition) is 4. The number of anilines is 1. The standard InChI is InChI=1S/C28H32F3N3O/c1-19-10-13-25(22-6-3-7-23(33-18-22)8-4-14-28(29,30)31)27(34-19)21-12-11-20-16-24(35-2)9-5-15-32-26(20)17-21/h6,10-13,16-18,23,32H,3-5,7-9,14-15H2,1-2H3/b24-16+. The lowest BCUT2D eigenvalue weighted by Gasteiger charge is -2.18. The number of methoxy groups -OCH3 is 1. The Labute approximate surface area is 205 Å². The molecule has 0 amide bonds. The van der Waals surface area contributed by atoms with Crippen molar-refractivity contribution >= 4 is 23.6 Å². The van der Waals surface area contributed by atoms with Crippen molar-refractivity contribution in [1.29, 1.82) is 0 Å². The van der Waals surface area contributed by atoms with Crippen molar-refractivity contribution in [2.24, 2.45) is 4.99 Å². The van der Waals surface area contributed by atoms with E-state index in [0.29, 0.717) is 6.42 Å². The van der Waals surface area contributed by atoms with Crippen LogP contribution in [0.25, 0.3) is 22.9 Å². The molecule has 4 rings (SSSR count). The van der Waals surface area contributed by atoms with Crippen molar-refractivity contribution < 1.29 is 17.9 Å². The summed E-state index contributed by atoms with van der Waals surface area (Å²) >= 11 is 0. The zero-order valence-corrected chi connectivity index (χ0v) is 20.3. The maximum Gasteiger partial charge on any atom is 0.389 e. The van der Waals surface area contributed by atoms with Crippen molar-refractivity contribution in [3.63, 3.8) is 0 Å². The molecular formula is C28H32F3N3O. The van der Waals surface area contributed by atoms with E-state index in [2.05, 4.69) is 46.7 Å². The van der Waals surface area contributed by atoms with Gasteiger partial charge in [0, 0.05) is 53.7 Å². The molecule has 1 aromatic heterocycles. The van der Waals surface area contributed by atoms with Crippen LogP contribution in [0.1, 0.15) is 61.8 Å². The van der Waals surface area contributed by atoms with Crippen LogP contribution in [0.15, 0.2) is 47.2 Å². The van der Waals surface area contributed by atoms with Gasteiger partial charge in [-0.3, -0.25) is 9.98 Å². The number of aromatic nitrogens is 1. The highest BCUT2D eigenvalue weighted by atomic mass is 19.4. The Morgan fingerprint density at radius 2 is 2.03 bits per heavy atom. The van der Waals surface area contributed by atoms with E-state index in [4.69, 9.17) is 9.72 Å². The van der Waals surface area contributed by atoms with Gasteiger partial charge in [0.05, 0.1) is 24.6 Å². The number of rotatable bonds is 6. The fourth-order valence-corrected chi connectivity index (χ4v) is 4.57. The third kappa shape index (κ3) is 6.74. The highest BCUT2D eigenvalue weighted by Gasteiger charge is 2.26. The SMILES string of the molecule is CO/C1=C/c2ccc(-c3nc(C)ccc3C3=CCCC(CCCC(F)(F)F)N=C3)cc2NCCC1. The number of aryl methyl sites for hydroxylation is 1. The van der Waals surface area contributed by atoms with Crippen molar-refractivity contribution in [3.05, 3.63) is 59.0 Å². The second-order valence-corrected chi connectivity index (χ2v) is 9.17. The Morgan fingerprint density at radius 3 is 2.83 bits per heavy atom. The summed E-state index contributed by atoms with van der Waals surface area (Å²) in [5, 5.41) is 3.53. The number of pyridine rings is 1. The highest BCUT2D eigenvalue weighted by Crippen LogP contribution is 2.33. The Kier molecular flexibility index (Phi) is 7.93. The molecule has 4 nitrogen and oxygen atoms in total. The van der Waals surface area contributed by atoms with Crippen LogP contribution >= 0.6 is 0 Å². The van der Waals surface area contributed by atoms with Crippen molar-refractivity contribution in [3.8, 4) is 11.3 Å². The van der Waals surface area contributed by atoms with Gasteiger partial charge in [-0.2, -0.15) is 13.2 Å². The number of allylic oxidation sites excluding steroid dienone is 3. The topological polar surface area (TPSA) is 46.5 Å². The van der Waals surface area contributed by atoms with Gasteiger partial charge in [-0.25, -0.2) is 0 Å². The van der Waals surface area contributed by atoms with Crippen LogP contribution in [-0.2, 0) is 4.74 Å². The van der Waals surface area contributed by atoms with Crippen LogP contribution < -0.4 is 5.32 Å². The molecule has 1 aromatic carbocycles. The fraction of sp³-hybridized carbons (Fsp3) is 0.429. The van der Waals surface area contributed by atoms with Crippen molar-refractivity contribution in [2.75, 3.05) is 19.0 Å². The third-order valence-corrected chi connectivity index (χ3v) is 6.45. The highest BCUT2D eigenvalue weighted by molar-refractivity contribution is 6.12. The molecule has 1 atom stereocenters.